The normalized spacial score (nSPS) is 12.7. The largest absolute Gasteiger partial charge is 0.466 e. The van der Waals surface area contributed by atoms with Crippen molar-refractivity contribution in [1.82, 2.24) is 5.32 Å². The third-order valence-electron chi connectivity index (χ3n) is 14.0. The van der Waals surface area contributed by atoms with Crippen LogP contribution in [-0.4, -0.2) is 47.4 Å². The molecule has 67 heavy (non-hydrogen) atoms. The van der Waals surface area contributed by atoms with Crippen molar-refractivity contribution in [3.63, 3.8) is 0 Å². The van der Waals surface area contributed by atoms with Crippen LogP contribution < -0.4 is 5.32 Å². The van der Waals surface area contributed by atoms with E-state index in [-0.39, 0.29) is 18.5 Å². The Bertz CT molecular complexity index is 1040. The SMILES string of the molecule is CCCCCCCC/C=C\CCCCCCCCCCCC(=O)OCCCCCCCCCCCCCCCCCCCCCCCC(=O)NC(CO)C(O)/C=C/CCCCCCCCCC. The number of carbonyl (C=O) groups is 2. The molecule has 1 amide bonds. The molecule has 3 N–H and O–H groups in total. The lowest BCUT2D eigenvalue weighted by atomic mass is 10.0. The maximum Gasteiger partial charge on any atom is 0.305 e. The Labute approximate surface area is 418 Å². The van der Waals surface area contributed by atoms with E-state index >= 15 is 0 Å². The van der Waals surface area contributed by atoms with E-state index in [1.54, 1.807) is 6.08 Å². The predicted molar refractivity (Wildman–Crippen MR) is 292 cm³/mol. The summed E-state index contributed by atoms with van der Waals surface area (Å²) in [6.45, 7) is 4.89. The van der Waals surface area contributed by atoms with Gasteiger partial charge in [-0.3, -0.25) is 9.59 Å². The van der Waals surface area contributed by atoms with Gasteiger partial charge in [0.1, 0.15) is 0 Å². The van der Waals surface area contributed by atoms with Crippen LogP contribution >= 0.6 is 0 Å². The predicted octanol–water partition coefficient (Wildman–Crippen LogP) is 18.6. The highest BCUT2D eigenvalue weighted by molar-refractivity contribution is 5.76. The van der Waals surface area contributed by atoms with E-state index in [9.17, 15) is 19.8 Å². The van der Waals surface area contributed by atoms with Gasteiger partial charge in [-0.1, -0.05) is 282 Å². The van der Waals surface area contributed by atoms with Gasteiger partial charge in [0.25, 0.3) is 0 Å². The highest BCUT2D eigenvalue weighted by atomic mass is 16.5. The van der Waals surface area contributed by atoms with Crippen LogP contribution in [0, 0.1) is 0 Å². The average molecular weight is 945 g/mol. The molecule has 0 saturated heterocycles. The summed E-state index contributed by atoms with van der Waals surface area (Å²) in [5.74, 6) is -0.0591. The first-order valence-electron chi connectivity index (χ1n) is 30.1. The number of hydrogen-bond donors (Lipinski definition) is 3. The first kappa shape index (κ1) is 65.3. The van der Waals surface area contributed by atoms with Gasteiger partial charge >= 0.3 is 5.97 Å². The van der Waals surface area contributed by atoms with E-state index in [1.807, 2.05) is 6.08 Å². The zero-order valence-electron chi connectivity index (χ0n) is 45.1. The maximum atomic E-state index is 12.4. The zero-order valence-corrected chi connectivity index (χ0v) is 45.1. The second-order valence-corrected chi connectivity index (χ2v) is 20.7. The van der Waals surface area contributed by atoms with Crippen LogP contribution in [0.1, 0.15) is 328 Å². The number of hydrogen-bond acceptors (Lipinski definition) is 5. The van der Waals surface area contributed by atoms with Gasteiger partial charge in [0.15, 0.2) is 0 Å². The number of amides is 1. The Kier molecular flexibility index (Phi) is 55.5. The maximum absolute atomic E-state index is 12.4. The van der Waals surface area contributed by atoms with Crippen LogP contribution in [0.4, 0.5) is 0 Å². The Morgan fingerprint density at radius 1 is 0.403 bits per heavy atom. The van der Waals surface area contributed by atoms with Gasteiger partial charge in [-0.05, 0) is 57.8 Å². The van der Waals surface area contributed by atoms with Gasteiger partial charge in [0.05, 0.1) is 25.4 Å². The van der Waals surface area contributed by atoms with Crippen molar-refractivity contribution in [3.05, 3.63) is 24.3 Å². The van der Waals surface area contributed by atoms with Crippen LogP contribution in [0.25, 0.3) is 0 Å². The van der Waals surface area contributed by atoms with Crippen LogP contribution in [-0.2, 0) is 14.3 Å². The lowest BCUT2D eigenvalue weighted by Crippen LogP contribution is -2.45. The summed E-state index contributed by atoms with van der Waals surface area (Å²) >= 11 is 0. The van der Waals surface area contributed by atoms with Crippen LogP contribution in [0.3, 0.4) is 0 Å². The molecule has 2 unspecified atom stereocenters. The van der Waals surface area contributed by atoms with Gasteiger partial charge < -0.3 is 20.3 Å². The fourth-order valence-electron chi connectivity index (χ4n) is 9.34. The molecule has 0 aliphatic heterocycles. The molecule has 0 saturated carbocycles. The van der Waals surface area contributed by atoms with Crippen molar-refractivity contribution < 1.29 is 24.5 Å². The molecule has 2 atom stereocenters. The molecule has 0 rings (SSSR count). The number of carbonyl (C=O) groups excluding carboxylic acids is 2. The number of nitrogens with one attached hydrogen (secondary N) is 1. The van der Waals surface area contributed by atoms with E-state index in [0.717, 1.165) is 44.9 Å². The van der Waals surface area contributed by atoms with E-state index in [1.165, 1.54) is 257 Å². The molecular formula is C61H117NO5. The van der Waals surface area contributed by atoms with Gasteiger partial charge in [-0.25, -0.2) is 0 Å². The van der Waals surface area contributed by atoms with E-state index in [0.29, 0.717) is 19.4 Å². The molecule has 0 fully saturated rings. The minimum atomic E-state index is -0.843. The van der Waals surface area contributed by atoms with Gasteiger partial charge in [0, 0.05) is 12.8 Å². The quantitative estimate of drug-likeness (QED) is 0.0321. The molecule has 6 heteroatoms. The summed E-state index contributed by atoms with van der Waals surface area (Å²) in [6, 6.07) is -0.626. The number of aliphatic hydroxyl groups is 2. The molecular weight excluding hydrogens is 827 g/mol. The first-order valence-corrected chi connectivity index (χ1v) is 30.1. The molecule has 0 aromatic heterocycles. The van der Waals surface area contributed by atoms with Crippen LogP contribution in [0.2, 0.25) is 0 Å². The molecule has 0 aromatic rings. The Hall–Kier alpha value is -1.66. The Morgan fingerprint density at radius 2 is 0.701 bits per heavy atom. The van der Waals surface area contributed by atoms with Gasteiger partial charge in [-0.15, -0.1) is 0 Å². The van der Waals surface area contributed by atoms with Crippen LogP contribution in [0.5, 0.6) is 0 Å². The Morgan fingerprint density at radius 3 is 1.06 bits per heavy atom. The molecule has 0 radical (unpaired) electrons. The number of unbranched alkanes of at least 4 members (excludes halogenated alkanes) is 43. The fraction of sp³-hybridized carbons (Fsp3) is 0.902. The molecule has 0 aliphatic carbocycles. The monoisotopic (exact) mass is 944 g/mol. The summed E-state index contributed by atoms with van der Waals surface area (Å²) in [5.41, 5.74) is 0. The highest BCUT2D eigenvalue weighted by Crippen LogP contribution is 2.17. The van der Waals surface area contributed by atoms with Gasteiger partial charge in [0.2, 0.25) is 5.91 Å². The third-order valence-corrected chi connectivity index (χ3v) is 14.0. The number of rotatable bonds is 56. The molecule has 0 bridgehead atoms. The fourth-order valence-corrected chi connectivity index (χ4v) is 9.34. The summed E-state index contributed by atoms with van der Waals surface area (Å²) in [7, 11) is 0. The number of ether oxygens (including phenoxy) is 1. The van der Waals surface area contributed by atoms with Crippen molar-refractivity contribution in [2.75, 3.05) is 13.2 Å². The summed E-state index contributed by atoms with van der Waals surface area (Å²) < 4.78 is 5.50. The standard InChI is InChI=1S/C61H117NO5/c1-3-5-7-9-11-13-15-16-17-18-22-26-29-32-35-39-43-47-51-55-61(66)67-56-52-48-44-40-36-33-30-27-24-21-19-20-23-25-28-31-34-38-42-46-50-54-60(65)62-58(57-63)59(64)53-49-45-41-37-14-12-10-8-6-4-2/h16-17,49,53,58-59,63-64H,3-15,18-48,50-52,54-57H2,1-2H3,(H,62,65)/b17-16-,53-49+. The van der Waals surface area contributed by atoms with E-state index in [2.05, 4.69) is 31.3 Å². The molecule has 0 spiro atoms. The minimum absolute atomic E-state index is 0.0110. The lowest BCUT2D eigenvalue weighted by Gasteiger charge is -2.20. The smallest absolute Gasteiger partial charge is 0.305 e. The topological polar surface area (TPSA) is 95.9 Å². The highest BCUT2D eigenvalue weighted by Gasteiger charge is 2.18. The third kappa shape index (κ3) is 53.5. The number of esters is 1. The lowest BCUT2D eigenvalue weighted by molar-refractivity contribution is -0.143. The summed E-state index contributed by atoms with van der Waals surface area (Å²) in [4.78, 5) is 24.5. The van der Waals surface area contributed by atoms with Crippen molar-refractivity contribution in [2.24, 2.45) is 0 Å². The van der Waals surface area contributed by atoms with Crippen molar-refractivity contribution in [2.45, 2.75) is 341 Å². The molecule has 6 nitrogen and oxygen atoms in total. The van der Waals surface area contributed by atoms with Gasteiger partial charge in [-0.2, -0.15) is 0 Å². The molecule has 396 valence electrons. The number of aliphatic hydroxyl groups excluding tert-OH is 2. The van der Waals surface area contributed by atoms with Crippen molar-refractivity contribution >= 4 is 11.9 Å². The zero-order chi connectivity index (χ0) is 48.6. The van der Waals surface area contributed by atoms with Crippen molar-refractivity contribution in [1.29, 1.82) is 0 Å². The second-order valence-electron chi connectivity index (χ2n) is 20.7. The Balaban J connectivity index is 3.36. The first-order chi connectivity index (χ1) is 33.0. The summed E-state index contributed by atoms with van der Waals surface area (Å²) in [6.07, 6.45) is 69.3. The minimum Gasteiger partial charge on any atom is -0.466 e. The van der Waals surface area contributed by atoms with Crippen molar-refractivity contribution in [3.8, 4) is 0 Å². The summed E-state index contributed by atoms with van der Waals surface area (Å²) in [5, 5.41) is 23.0. The van der Waals surface area contributed by atoms with E-state index < -0.39 is 12.1 Å². The average Bonchev–Trinajstić information content (AvgIpc) is 3.33. The molecule has 0 heterocycles. The molecule has 0 aliphatic rings. The second kappa shape index (κ2) is 56.9. The molecule has 0 aromatic carbocycles. The van der Waals surface area contributed by atoms with E-state index in [4.69, 9.17) is 4.74 Å². The number of allylic oxidation sites excluding steroid dienone is 3. The van der Waals surface area contributed by atoms with Crippen LogP contribution in [0.15, 0.2) is 24.3 Å².